The van der Waals surface area contributed by atoms with Crippen LogP contribution in [0.15, 0.2) is 85.9 Å². The zero-order chi connectivity index (χ0) is 32.0. The molecule has 1 fully saturated rings. The predicted octanol–water partition coefficient (Wildman–Crippen LogP) is 3.67. The highest BCUT2D eigenvalue weighted by Crippen LogP contribution is 2.53. The molecule has 3 amide bonds. The number of benzene rings is 3. The second-order valence-corrected chi connectivity index (χ2v) is 14.7. The first-order valence-corrected chi connectivity index (χ1v) is 17.2. The van der Waals surface area contributed by atoms with Crippen molar-refractivity contribution in [3.05, 3.63) is 91.3 Å². The largest absolute Gasteiger partial charge is 0.493 e. The summed E-state index contributed by atoms with van der Waals surface area (Å²) in [5.74, 6) is -2.14. The minimum atomic E-state index is -3.87. The van der Waals surface area contributed by atoms with Crippen LogP contribution in [0.4, 0.5) is 11.4 Å². The van der Waals surface area contributed by atoms with Crippen molar-refractivity contribution in [3.8, 4) is 11.5 Å². The van der Waals surface area contributed by atoms with Gasteiger partial charge in [-0.2, -0.15) is 0 Å². The van der Waals surface area contributed by atoms with Gasteiger partial charge in [0.15, 0.2) is 18.1 Å². The number of carbonyl (C=O) groups excluding carboxylic acids is 3. The number of primary sulfonamides is 1. The van der Waals surface area contributed by atoms with Crippen LogP contribution in [-0.4, -0.2) is 50.1 Å². The molecule has 0 bridgehead atoms. The van der Waals surface area contributed by atoms with E-state index in [0.717, 1.165) is 15.8 Å². The Bertz CT molecular complexity index is 1990. The number of hydrogen-bond acceptors (Lipinski definition) is 10. The normalized spacial score (nSPS) is 19.2. The number of thiazole rings is 1. The lowest BCUT2D eigenvalue weighted by Crippen LogP contribution is -2.32. The van der Waals surface area contributed by atoms with Crippen LogP contribution >= 0.6 is 39.0 Å². The molecule has 12 nitrogen and oxygen atoms in total. The van der Waals surface area contributed by atoms with E-state index in [-0.39, 0.29) is 33.1 Å². The number of anilines is 2. The number of ether oxygens (including phenoxy) is 2. The molecule has 45 heavy (non-hydrogen) atoms. The second kappa shape index (κ2) is 12.1. The fourth-order valence-corrected chi connectivity index (χ4v) is 8.58. The third kappa shape index (κ3) is 6.03. The summed E-state index contributed by atoms with van der Waals surface area (Å²) in [6, 6.07) is 17.2. The van der Waals surface area contributed by atoms with Gasteiger partial charge in [0.25, 0.3) is 5.91 Å². The molecular weight excluding hydrogens is 708 g/mol. The van der Waals surface area contributed by atoms with Crippen molar-refractivity contribution >= 4 is 78.1 Å². The number of methoxy groups -OCH3 is 1. The number of amides is 3. The van der Waals surface area contributed by atoms with E-state index in [1.165, 1.54) is 48.0 Å². The fourth-order valence-electron chi connectivity index (χ4n) is 5.29. The Morgan fingerprint density at radius 2 is 1.73 bits per heavy atom. The summed E-state index contributed by atoms with van der Waals surface area (Å²) in [5, 5.41) is 7.50. The summed E-state index contributed by atoms with van der Waals surface area (Å²) in [6.45, 7) is -0.393. The van der Waals surface area contributed by atoms with Gasteiger partial charge in [-0.05, 0) is 66.2 Å². The van der Waals surface area contributed by atoms with Crippen molar-refractivity contribution in [1.82, 2.24) is 4.98 Å². The molecule has 1 aromatic heterocycles. The highest BCUT2D eigenvalue weighted by atomic mass is 79.9. The van der Waals surface area contributed by atoms with Crippen LogP contribution in [0.3, 0.4) is 0 Å². The molecule has 4 aromatic rings. The van der Waals surface area contributed by atoms with E-state index in [0.29, 0.717) is 26.8 Å². The van der Waals surface area contributed by atoms with Crippen LogP contribution in [0.1, 0.15) is 16.4 Å². The number of nitrogens with zero attached hydrogens (tertiary/aromatic N) is 1. The maximum absolute atomic E-state index is 13.9. The number of imide groups is 1. The van der Waals surface area contributed by atoms with Crippen molar-refractivity contribution in [2.75, 3.05) is 23.9 Å². The lowest BCUT2D eigenvalue weighted by atomic mass is 9.83. The van der Waals surface area contributed by atoms with Crippen molar-refractivity contribution < 1.29 is 32.3 Å². The van der Waals surface area contributed by atoms with Gasteiger partial charge in [-0.15, -0.1) is 0 Å². The quantitative estimate of drug-likeness (QED) is 0.228. The van der Waals surface area contributed by atoms with Gasteiger partial charge in [0.2, 0.25) is 21.8 Å². The maximum Gasteiger partial charge on any atom is 0.305 e. The molecule has 1 saturated heterocycles. The number of rotatable bonds is 8. The van der Waals surface area contributed by atoms with E-state index in [4.69, 9.17) is 14.6 Å². The van der Waals surface area contributed by atoms with E-state index in [2.05, 4.69) is 26.2 Å². The molecule has 6 rings (SSSR count). The number of carbonyl (C=O) groups is 3. The zero-order valence-corrected chi connectivity index (χ0v) is 27.2. The van der Waals surface area contributed by atoms with Crippen LogP contribution in [0.2, 0.25) is 0 Å². The Kier molecular flexibility index (Phi) is 8.34. The number of aromatic amines is 1. The van der Waals surface area contributed by atoms with Gasteiger partial charge in [-0.3, -0.25) is 19.2 Å². The molecule has 3 unspecified atom stereocenters. The third-order valence-corrected chi connectivity index (χ3v) is 11.1. The molecule has 0 radical (unpaired) electrons. The number of H-pyrrole nitrogens is 1. The standard InChI is InChI=1S/C29H23BrN4O8S3/c1-41-20-12-14(2-11-19(20)42-13-21(35)32-16-5-9-18(10-6-16)45(31,39)40)22-23-25(43-26-24(22)44-29(38)33-26)28(37)34(27(23)36)17-7-3-15(30)4-8-17/h2-12,22-23,25H,13H2,1H3,(H,32,35)(H,33,38)(H2,31,39,40). The number of aromatic nitrogens is 1. The number of sulfonamides is 1. The van der Waals surface area contributed by atoms with Gasteiger partial charge >= 0.3 is 4.87 Å². The molecule has 0 aliphatic carbocycles. The molecule has 3 atom stereocenters. The maximum atomic E-state index is 13.9. The van der Waals surface area contributed by atoms with Crippen molar-refractivity contribution in [2.45, 2.75) is 21.1 Å². The lowest BCUT2D eigenvalue weighted by molar-refractivity contribution is -0.122. The predicted molar refractivity (Wildman–Crippen MR) is 171 cm³/mol. The topological polar surface area (TPSA) is 178 Å². The highest BCUT2D eigenvalue weighted by molar-refractivity contribution is 9.10. The Morgan fingerprint density at radius 3 is 2.40 bits per heavy atom. The van der Waals surface area contributed by atoms with Gasteiger partial charge in [-0.25, -0.2) is 18.5 Å². The summed E-state index contributed by atoms with van der Waals surface area (Å²) < 4.78 is 35.0. The summed E-state index contributed by atoms with van der Waals surface area (Å²) in [6.07, 6.45) is 0. The summed E-state index contributed by atoms with van der Waals surface area (Å²) in [5.41, 5.74) is 1.43. The number of fused-ring (bicyclic) bond motifs is 2. The van der Waals surface area contributed by atoms with Crippen molar-refractivity contribution in [1.29, 1.82) is 0 Å². The molecule has 0 spiro atoms. The number of thioether (sulfide) groups is 1. The van der Waals surface area contributed by atoms with E-state index in [1.807, 2.05) is 0 Å². The van der Waals surface area contributed by atoms with Crippen molar-refractivity contribution in [3.63, 3.8) is 0 Å². The van der Waals surface area contributed by atoms with E-state index < -0.39 is 39.6 Å². The minimum Gasteiger partial charge on any atom is -0.493 e. The number of halogens is 1. The van der Waals surface area contributed by atoms with Crippen LogP contribution in [0.5, 0.6) is 11.5 Å². The van der Waals surface area contributed by atoms with E-state index in [9.17, 15) is 27.6 Å². The Balaban J connectivity index is 1.25. The van der Waals surface area contributed by atoms with Gasteiger partial charge in [0.1, 0.15) is 5.25 Å². The fraction of sp³-hybridized carbons (Fsp3) is 0.172. The van der Waals surface area contributed by atoms with Gasteiger partial charge in [-0.1, -0.05) is 45.1 Å². The van der Waals surface area contributed by atoms with Gasteiger partial charge < -0.3 is 19.8 Å². The average molecular weight is 732 g/mol. The zero-order valence-electron chi connectivity index (χ0n) is 23.2. The first-order valence-electron chi connectivity index (χ1n) is 13.2. The molecule has 2 aliphatic rings. The number of nitrogens with two attached hydrogens (primary N) is 1. The molecule has 232 valence electrons. The first-order chi connectivity index (χ1) is 21.4. The summed E-state index contributed by atoms with van der Waals surface area (Å²) >= 11 is 5.55. The highest BCUT2D eigenvalue weighted by Gasteiger charge is 2.56. The van der Waals surface area contributed by atoms with Crippen LogP contribution < -0.4 is 29.7 Å². The van der Waals surface area contributed by atoms with Crippen LogP contribution in [-0.2, 0) is 24.4 Å². The molecule has 3 heterocycles. The molecule has 0 saturated carbocycles. The minimum absolute atomic E-state index is 0.0896. The monoisotopic (exact) mass is 730 g/mol. The smallest absolute Gasteiger partial charge is 0.305 e. The number of nitrogens with one attached hydrogen (secondary N) is 2. The lowest BCUT2D eigenvalue weighted by Gasteiger charge is -2.30. The second-order valence-electron chi connectivity index (χ2n) is 10.1. The van der Waals surface area contributed by atoms with Gasteiger partial charge in [0.05, 0.1) is 28.6 Å². The SMILES string of the molecule is COc1cc(C2c3sc(=O)[nH]c3SC3C(=O)N(c4ccc(Br)cc4)C(=O)C32)ccc1OCC(=O)Nc1ccc(S(N)(=O)=O)cc1. The van der Waals surface area contributed by atoms with Gasteiger partial charge in [0, 0.05) is 21.0 Å². The molecule has 2 aliphatic heterocycles. The Morgan fingerprint density at radius 1 is 1.02 bits per heavy atom. The summed E-state index contributed by atoms with van der Waals surface area (Å²) in [4.78, 5) is 56.8. The summed E-state index contributed by atoms with van der Waals surface area (Å²) in [7, 11) is -2.44. The Hall–Kier alpha value is -3.96. The third-order valence-electron chi connectivity index (χ3n) is 7.28. The molecule has 4 N–H and O–H groups in total. The molecule has 3 aromatic carbocycles. The molecular formula is C29H23BrN4O8S3. The van der Waals surface area contributed by atoms with Crippen LogP contribution in [0, 0.1) is 5.92 Å². The van der Waals surface area contributed by atoms with Crippen molar-refractivity contribution in [2.24, 2.45) is 11.1 Å². The first kappa shape index (κ1) is 31.0. The Labute approximate surface area is 273 Å². The molecule has 16 heteroatoms. The van der Waals surface area contributed by atoms with E-state index in [1.54, 1.807) is 42.5 Å². The van der Waals surface area contributed by atoms with E-state index >= 15 is 0 Å². The number of hydrogen-bond donors (Lipinski definition) is 3. The van der Waals surface area contributed by atoms with Crippen LogP contribution in [0.25, 0.3) is 0 Å². The average Bonchev–Trinajstić information content (AvgIpc) is 3.50.